The highest BCUT2D eigenvalue weighted by Crippen LogP contribution is 2.45. The van der Waals surface area contributed by atoms with E-state index in [2.05, 4.69) is 49.9 Å². The van der Waals surface area contributed by atoms with Gasteiger partial charge in [0.15, 0.2) is 22.5 Å². The zero-order valence-corrected chi connectivity index (χ0v) is 17.0. The van der Waals surface area contributed by atoms with E-state index in [4.69, 9.17) is 5.73 Å². The van der Waals surface area contributed by atoms with Crippen LogP contribution in [0.1, 0.15) is 37.2 Å². The van der Waals surface area contributed by atoms with Gasteiger partial charge in [-0.2, -0.15) is 11.8 Å². The first-order chi connectivity index (χ1) is 14.1. The Balaban J connectivity index is 1.48. The zero-order chi connectivity index (χ0) is 20.0. The minimum atomic E-state index is -0.897. The van der Waals surface area contributed by atoms with Crippen molar-refractivity contribution in [3.05, 3.63) is 42.2 Å². The standard InChI is InChI=1S/C20H23N7OS/c1-29-15-8-5-9-20(15,19(21)28)27-18-16(25-26-27)17(22-11-23-18)24-14-10-13(14)12-6-3-2-4-7-12/h2-4,6-7,11,13-15H,5,8-10H2,1H3,(H2,21,28)(H,22,23,24). The van der Waals surface area contributed by atoms with Gasteiger partial charge in [-0.3, -0.25) is 4.79 Å². The molecule has 1 amide bonds. The molecule has 2 saturated carbocycles. The molecule has 2 fully saturated rings. The van der Waals surface area contributed by atoms with Crippen LogP contribution in [-0.4, -0.2) is 48.4 Å². The Labute approximate surface area is 172 Å². The maximum absolute atomic E-state index is 12.6. The molecule has 29 heavy (non-hydrogen) atoms. The van der Waals surface area contributed by atoms with E-state index < -0.39 is 5.54 Å². The number of nitrogens with zero attached hydrogens (tertiary/aromatic N) is 5. The largest absolute Gasteiger partial charge is 0.368 e. The molecule has 5 rings (SSSR count). The van der Waals surface area contributed by atoms with Crippen LogP contribution in [0.3, 0.4) is 0 Å². The van der Waals surface area contributed by atoms with Gasteiger partial charge in [-0.1, -0.05) is 35.5 Å². The number of anilines is 1. The zero-order valence-electron chi connectivity index (χ0n) is 16.2. The number of aromatic nitrogens is 5. The van der Waals surface area contributed by atoms with E-state index in [9.17, 15) is 4.79 Å². The molecule has 3 N–H and O–H groups in total. The van der Waals surface area contributed by atoms with Gasteiger partial charge in [-0.05, 0) is 37.5 Å². The van der Waals surface area contributed by atoms with Crippen molar-refractivity contribution in [2.45, 2.75) is 48.4 Å². The second-order valence-electron chi connectivity index (χ2n) is 7.80. The van der Waals surface area contributed by atoms with E-state index in [1.54, 1.807) is 16.4 Å². The van der Waals surface area contributed by atoms with Crippen molar-refractivity contribution >= 4 is 34.7 Å². The number of hydrogen-bond donors (Lipinski definition) is 2. The number of amides is 1. The number of thioether (sulfide) groups is 1. The maximum atomic E-state index is 12.6. The third-order valence-electron chi connectivity index (χ3n) is 6.22. The summed E-state index contributed by atoms with van der Waals surface area (Å²) in [4.78, 5) is 21.4. The normalized spacial score (nSPS) is 28.5. The fraction of sp³-hybridized carbons (Fsp3) is 0.450. The van der Waals surface area contributed by atoms with E-state index in [-0.39, 0.29) is 11.2 Å². The van der Waals surface area contributed by atoms with Gasteiger partial charge in [-0.15, -0.1) is 5.10 Å². The van der Waals surface area contributed by atoms with Gasteiger partial charge in [0.25, 0.3) is 0 Å². The maximum Gasteiger partial charge on any atom is 0.246 e. The summed E-state index contributed by atoms with van der Waals surface area (Å²) in [6.45, 7) is 0. The number of fused-ring (bicyclic) bond motifs is 1. The highest BCUT2D eigenvalue weighted by atomic mass is 32.2. The molecule has 3 aromatic rings. The summed E-state index contributed by atoms with van der Waals surface area (Å²) in [6.07, 6.45) is 7.05. The van der Waals surface area contributed by atoms with Crippen molar-refractivity contribution in [1.29, 1.82) is 0 Å². The Morgan fingerprint density at radius 1 is 1.31 bits per heavy atom. The van der Waals surface area contributed by atoms with E-state index in [1.807, 2.05) is 12.3 Å². The first-order valence-electron chi connectivity index (χ1n) is 9.86. The van der Waals surface area contributed by atoms with Gasteiger partial charge in [0.05, 0.1) is 0 Å². The van der Waals surface area contributed by atoms with Crippen LogP contribution in [0.2, 0.25) is 0 Å². The Hall–Kier alpha value is -2.68. The Kier molecular flexibility index (Phi) is 4.42. The molecular weight excluding hydrogens is 386 g/mol. The number of carbonyl (C=O) groups is 1. The number of primary amides is 1. The van der Waals surface area contributed by atoms with Crippen molar-refractivity contribution in [2.24, 2.45) is 5.73 Å². The lowest BCUT2D eigenvalue weighted by molar-refractivity contribution is -0.126. The number of hydrogen-bond acceptors (Lipinski definition) is 7. The molecule has 0 saturated heterocycles. The van der Waals surface area contributed by atoms with E-state index in [0.717, 1.165) is 19.3 Å². The molecule has 150 valence electrons. The van der Waals surface area contributed by atoms with Crippen molar-refractivity contribution in [3.63, 3.8) is 0 Å². The molecule has 2 aromatic heterocycles. The Morgan fingerprint density at radius 3 is 2.90 bits per heavy atom. The van der Waals surface area contributed by atoms with Crippen LogP contribution in [0.4, 0.5) is 5.82 Å². The molecule has 2 heterocycles. The molecule has 9 heteroatoms. The molecule has 0 radical (unpaired) electrons. The molecule has 0 aliphatic heterocycles. The summed E-state index contributed by atoms with van der Waals surface area (Å²) in [5.74, 6) is 0.743. The molecular formula is C20H23N7OS. The van der Waals surface area contributed by atoms with Crippen molar-refractivity contribution in [2.75, 3.05) is 11.6 Å². The van der Waals surface area contributed by atoms with Crippen molar-refractivity contribution < 1.29 is 4.79 Å². The van der Waals surface area contributed by atoms with Gasteiger partial charge in [0, 0.05) is 17.2 Å². The van der Waals surface area contributed by atoms with Crippen LogP contribution >= 0.6 is 11.8 Å². The van der Waals surface area contributed by atoms with Crippen LogP contribution in [-0.2, 0) is 10.3 Å². The first-order valence-corrected chi connectivity index (χ1v) is 11.1. The van der Waals surface area contributed by atoms with Gasteiger partial charge in [-0.25, -0.2) is 14.6 Å². The van der Waals surface area contributed by atoms with Crippen LogP contribution in [0.15, 0.2) is 36.7 Å². The van der Waals surface area contributed by atoms with Crippen LogP contribution in [0.25, 0.3) is 11.2 Å². The number of rotatable bonds is 6. The topological polar surface area (TPSA) is 112 Å². The van der Waals surface area contributed by atoms with E-state index in [0.29, 0.717) is 35.4 Å². The minimum absolute atomic E-state index is 0.0576. The van der Waals surface area contributed by atoms with Crippen molar-refractivity contribution in [3.8, 4) is 0 Å². The van der Waals surface area contributed by atoms with E-state index >= 15 is 0 Å². The summed E-state index contributed by atoms with van der Waals surface area (Å²) in [6, 6.07) is 10.8. The monoisotopic (exact) mass is 409 g/mol. The fourth-order valence-electron chi connectivity index (χ4n) is 4.62. The summed E-state index contributed by atoms with van der Waals surface area (Å²) >= 11 is 1.65. The van der Waals surface area contributed by atoms with E-state index in [1.165, 1.54) is 11.9 Å². The Morgan fingerprint density at radius 2 is 2.14 bits per heavy atom. The molecule has 2 aliphatic carbocycles. The van der Waals surface area contributed by atoms with Gasteiger partial charge in [0.2, 0.25) is 5.91 Å². The predicted octanol–water partition coefficient (Wildman–Crippen LogP) is 2.29. The molecule has 4 atom stereocenters. The lowest BCUT2D eigenvalue weighted by Crippen LogP contribution is -2.51. The minimum Gasteiger partial charge on any atom is -0.368 e. The summed E-state index contributed by atoms with van der Waals surface area (Å²) in [5.41, 5.74) is 7.45. The second kappa shape index (κ2) is 6.98. The highest BCUT2D eigenvalue weighted by molar-refractivity contribution is 7.99. The third kappa shape index (κ3) is 2.87. The van der Waals surface area contributed by atoms with Gasteiger partial charge in [0.1, 0.15) is 6.33 Å². The molecule has 8 nitrogen and oxygen atoms in total. The SMILES string of the molecule is CSC1CCCC1(C(N)=O)n1nnc2c(NC3CC3c3ccccc3)ncnc21. The Bertz CT molecular complexity index is 1060. The average molecular weight is 410 g/mol. The number of nitrogens with one attached hydrogen (secondary N) is 1. The van der Waals surface area contributed by atoms with Gasteiger partial charge < -0.3 is 11.1 Å². The number of carbonyl (C=O) groups excluding carboxylic acids is 1. The molecule has 0 spiro atoms. The van der Waals surface area contributed by atoms with Crippen molar-refractivity contribution in [1.82, 2.24) is 25.0 Å². The number of nitrogens with two attached hydrogens (primary N) is 1. The average Bonchev–Trinajstić information content (AvgIpc) is 3.16. The second-order valence-corrected chi connectivity index (χ2v) is 8.84. The fourth-order valence-corrected chi connectivity index (χ4v) is 5.75. The quantitative estimate of drug-likeness (QED) is 0.642. The molecule has 0 bridgehead atoms. The summed E-state index contributed by atoms with van der Waals surface area (Å²) < 4.78 is 1.65. The smallest absolute Gasteiger partial charge is 0.246 e. The van der Waals surface area contributed by atoms with Gasteiger partial charge >= 0.3 is 0 Å². The summed E-state index contributed by atoms with van der Waals surface area (Å²) in [7, 11) is 0. The lowest BCUT2D eigenvalue weighted by Gasteiger charge is -2.31. The van der Waals surface area contributed by atoms with Crippen LogP contribution in [0, 0.1) is 0 Å². The molecule has 4 unspecified atom stereocenters. The van der Waals surface area contributed by atoms with Crippen LogP contribution < -0.4 is 11.1 Å². The number of benzene rings is 1. The third-order valence-corrected chi connectivity index (χ3v) is 7.42. The molecule has 2 aliphatic rings. The van der Waals surface area contributed by atoms with Crippen LogP contribution in [0.5, 0.6) is 0 Å². The highest BCUT2D eigenvalue weighted by Gasteiger charge is 2.51. The first kappa shape index (κ1) is 18.4. The summed E-state index contributed by atoms with van der Waals surface area (Å²) in [5, 5.41) is 12.2. The lowest BCUT2D eigenvalue weighted by atomic mass is 9.96. The molecule has 1 aromatic carbocycles. The predicted molar refractivity (Wildman–Crippen MR) is 113 cm³/mol.